The molecular weight excluding hydrogens is 407 g/mol. The van der Waals surface area contributed by atoms with Crippen molar-refractivity contribution in [1.29, 1.82) is 0 Å². The molecule has 1 atom stereocenters. The minimum Gasteiger partial charge on any atom is -0.349 e. The Morgan fingerprint density at radius 1 is 1.34 bits per heavy atom. The second kappa shape index (κ2) is 7.62. The minimum atomic E-state index is -4.68. The molecule has 1 saturated carbocycles. The summed E-state index contributed by atoms with van der Waals surface area (Å²) in [6.07, 6.45) is 2.78. The van der Waals surface area contributed by atoms with Gasteiger partial charge in [0.1, 0.15) is 0 Å². The zero-order chi connectivity index (χ0) is 20.6. The van der Waals surface area contributed by atoms with E-state index in [1.165, 1.54) is 17.5 Å². The van der Waals surface area contributed by atoms with Crippen LogP contribution in [-0.4, -0.2) is 31.9 Å². The summed E-state index contributed by atoms with van der Waals surface area (Å²) in [5.74, 6) is -1.63. The van der Waals surface area contributed by atoms with Gasteiger partial charge in [-0.2, -0.15) is 23.3 Å². The van der Waals surface area contributed by atoms with Crippen molar-refractivity contribution in [2.45, 2.75) is 50.9 Å². The highest BCUT2D eigenvalue weighted by Crippen LogP contribution is 2.34. The Balaban J connectivity index is 1.46. The number of carbonyl (C=O) groups is 1. The Labute approximate surface area is 167 Å². The fraction of sp³-hybridized carbons (Fsp3) is 0.444. The van der Waals surface area contributed by atoms with Gasteiger partial charge in [0.05, 0.1) is 22.7 Å². The van der Waals surface area contributed by atoms with Gasteiger partial charge in [-0.15, -0.1) is 11.3 Å². The topological polar surface area (TPSA) is 85.8 Å². The van der Waals surface area contributed by atoms with Gasteiger partial charge in [-0.25, -0.2) is 0 Å². The lowest BCUT2D eigenvalue weighted by Crippen LogP contribution is -2.32. The van der Waals surface area contributed by atoms with Crippen LogP contribution < -0.4 is 5.32 Å². The number of rotatable bonds is 5. The number of aromatic nitrogens is 4. The first-order valence-electron chi connectivity index (χ1n) is 9.17. The van der Waals surface area contributed by atoms with Crippen LogP contribution in [0.4, 0.5) is 13.2 Å². The van der Waals surface area contributed by atoms with Crippen molar-refractivity contribution in [2.75, 3.05) is 0 Å². The summed E-state index contributed by atoms with van der Waals surface area (Å²) in [4.78, 5) is 17.1. The Morgan fingerprint density at radius 2 is 2.10 bits per heavy atom. The second-order valence-electron chi connectivity index (χ2n) is 6.96. The number of hydrogen-bond donors (Lipinski definition) is 1. The summed E-state index contributed by atoms with van der Waals surface area (Å²) in [7, 11) is 0. The quantitative estimate of drug-likeness (QED) is 0.659. The maximum atomic E-state index is 12.6. The van der Waals surface area contributed by atoms with Crippen LogP contribution in [0.25, 0.3) is 10.7 Å². The number of halogens is 3. The molecule has 0 spiro atoms. The second-order valence-corrected chi connectivity index (χ2v) is 8.08. The molecule has 1 fully saturated rings. The Bertz CT molecular complexity index is 1000. The molecule has 1 aliphatic rings. The molecule has 3 aromatic rings. The molecule has 29 heavy (non-hydrogen) atoms. The van der Waals surface area contributed by atoms with Crippen molar-refractivity contribution >= 4 is 17.2 Å². The van der Waals surface area contributed by atoms with Gasteiger partial charge >= 0.3 is 12.1 Å². The molecule has 0 saturated heterocycles. The van der Waals surface area contributed by atoms with Crippen molar-refractivity contribution < 1.29 is 22.5 Å². The third-order valence-corrected chi connectivity index (χ3v) is 6.13. The molecular formula is C18H18F3N5O2S. The molecule has 0 aromatic carbocycles. The first kappa shape index (κ1) is 19.6. The van der Waals surface area contributed by atoms with Crippen LogP contribution in [0.5, 0.6) is 0 Å². The highest BCUT2D eigenvalue weighted by Gasteiger charge is 2.38. The zero-order valence-electron chi connectivity index (χ0n) is 15.4. The molecule has 1 N–H and O–H groups in total. The van der Waals surface area contributed by atoms with Crippen LogP contribution in [-0.2, 0) is 6.18 Å². The summed E-state index contributed by atoms with van der Waals surface area (Å²) in [5, 5.41) is 10.7. The van der Waals surface area contributed by atoms with E-state index in [1.807, 2.05) is 6.92 Å². The van der Waals surface area contributed by atoms with E-state index >= 15 is 0 Å². The summed E-state index contributed by atoms with van der Waals surface area (Å²) in [6.45, 7) is 1.89. The Hall–Kier alpha value is -2.69. The number of hydrogen-bond acceptors (Lipinski definition) is 6. The van der Waals surface area contributed by atoms with Crippen LogP contribution in [0.1, 0.15) is 59.8 Å². The van der Waals surface area contributed by atoms with Crippen LogP contribution in [0.2, 0.25) is 0 Å². The van der Waals surface area contributed by atoms with E-state index in [-0.39, 0.29) is 23.8 Å². The standard InChI is InChI=1S/C18H18F3N5O2S/c1-10(26-9-11(8-22-26)16(27)23-12-4-2-3-5-12)13-6-7-14(29-13)15-24-17(28-25-15)18(19,20)21/h6-10,12H,2-5H2,1H3,(H,23,27). The molecule has 0 bridgehead atoms. The van der Waals surface area contributed by atoms with Crippen LogP contribution in [0, 0.1) is 0 Å². The van der Waals surface area contributed by atoms with Crippen molar-refractivity contribution in [3.05, 3.63) is 40.9 Å². The molecule has 1 aliphatic carbocycles. The molecule has 3 aromatic heterocycles. The number of amides is 1. The molecule has 0 radical (unpaired) electrons. The molecule has 1 amide bonds. The molecule has 154 valence electrons. The van der Waals surface area contributed by atoms with Crippen molar-refractivity contribution in [1.82, 2.24) is 25.2 Å². The van der Waals surface area contributed by atoms with Crippen molar-refractivity contribution in [2.24, 2.45) is 0 Å². The number of thiophene rings is 1. The monoisotopic (exact) mass is 425 g/mol. The van der Waals surface area contributed by atoms with E-state index in [9.17, 15) is 18.0 Å². The van der Waals surface area contributed by atoms with Gasteiger partial charge in [-0.3, -0.25) is 9.48 Å². The number of carbonyl (C=O) groups excluding carboxylic acids is 1. The first-order valence-corrected chi connectivity index (χ1v) is 9.99. The van der Waals surface area contributed by atoms with Gasteiger partial charge in [0.2, 0.25) is 5.82 Å². The summed E-state index contributed by atoms with van der Waals surface area (Å²) >= 11 is 1.24. The zero-order valence-corrected chi connectivity index (χ0v) is 16.3. The number of alkyl halides is 3. The Kier molecular flexibility index (Phi) is 5.15. The van der Waals surface area contributed by atoms with Gasteiger partial charge in [-0.1, -0.05) is 18.0 Å². The number of nitrogens with one attached hydrogen (secondary N) is 1. The average Bonchev–Trinajstić information content (AvgIpc) is 3.47. The molecule has 1 unspecified atom stereocenters. The lowest BCUT2D eigenvalue weighted by atomic mass is 10.2. The van der Waals surface area contributed by atoms with E-state index in [2.05, 4.69) is 25.1 Å². The highest BCUT2D eigenvalue weighted by molar-refractivity contribution is 7.15. The smallest absolute Gasteiger partial charge is 0.349 e. The van der Waals surface area contributed by atoms with Gasteiger partial charge in [0.15, 0.2) is 0 Å². The summed E-state index contributed by atoms with van der Waals surface area (Å²) < 4.78 is 43.8. The fourth-order valence-electron chi connectivity index (χ4n) is 3.27. The third-order valence-electron chi connectivity index (χ3n) is 4.88. The third kappa shape index (κ3) is 4.19. The fourth-order valence-corrected chi connectivity index (χ4v) is 4.25. The maximum absolute atomic E-state index is 12.6. The molecule has 7 nitrogen and oxygen atoms in total. The molecule has 0 aliphatic heterocycles. The summed E-state index contributed by atoms with van der Waals surface area (Å²) in [6, 6.07) is 3.42. The summed E-state index contributed by atoms with van der Waals surface area (Å²) in [5.41, 5.74) is 0.480. The predicted octanol–water partition coefficient (Wildman–Crippen LogP) is 4.30. The minimum absolute atomic E-state index is 0.113. The molecule has 11 heteroatoms. The van der Waals surface area contributed by atoms with E-state index in [0.717, 1.165) is 30.6 Å². The SMILES string of the molecule is CC(c1ccc(-c2noc(C(F)(F)F)n2)s1)n1cc(C(=O)NC2CCCC2)cn1. The lowest BCUT2D eigenvalue weighted by Gasteiger charge is -2.11. The van der Waals surface area contributed by atoms with Crippen LogP contribution in [0.3, 0.4) is 0 Å². The predicted molar refractivity (Wildman–Crippen MR) is 98.4 cm³/mol. The largest absolute Gasteiger partial charge is 0.471 e. The van der Waals surface area contributed by atoms with Crippen LogP contribution in [0.15, 0.2) is 29.0 Å². The number of nitrogens with zero attached hydrogens (tertiary/aromatic N) is 4. The van der Waals surface area contributed by atoms with E-state index in [0.29, 0.717) is 10.4 Å². The van der Waals surface area contributed by atoms with Crippen molar-refractivity contribution in [3.63, 3.8) is 0 Å². The highest BCUT2D eigenvalue weighted by atomic mass is 32.1. The maximum Gasteiger partial charge on any atom is 0.471 e. The lowest BCUT2D eigenvalue weighted by molar-refractivity contribution is -0.159. The van der Waals surface area contributed by atoms with Gasteiger partial charge in [0.25, 0.3) is 5.91 Å². The Morgan fingerprint density at radius 3 is 2.79 bits per heavy atom. The van der Waals surface area contributed by atoms with Crippen LogP contribution >= 0.6 is 11.3 Å². The molecule has 4 rings (SSSR count). The first-order chi connectivity index (χ1) is 13.8. The van der Waals surface area contributed by atoms with Gasteiger partial charge in [0, 0.05) is 17.1 Å². The normalized spacial score (nSPS) is 16.3. The average molecular weight is 425 g/mol. The van der Waals surface area contributed by atoms with E-state index in [4.69, 9.17) is 0 Å². The van der Waals surface area contributed by atoms with Gasteiger partial charge < -0.3 is 9.84 Å². The molecule has 3 heterocycles. The van der Waals surface area contributed by atoms with Gasteiger partial charge in [-0.05, 0) is 31.9 Å². The van der Waals surface area contributed by atoms with Crippen molar-refractivity contribution in [3.8, 4) is 10.7 Å². The van der Waals surface area contributed by atoms with E-state index in [1.54, 1.807) is 23.0 Å². The van der Waals surface area contributed by atoms with E-state index < -0.39 is 12.1 Å².